The molecule has 0 bridgehead atoms. The number of nitrogens with zero attached hydrogens (tertiary/aromatic N) is 6. The van der Waals surface area contributed by atoms with Gasteiger partial charge in [0.2, 0.25) is 5.95 Å². The number of likely N-dealkylation sites (N-methyl/N-ethyl adjacent to an activating group) is 1. The summed E-state index contributed by atoms with van der Waals surface area (Å²) in [6.07, 6.45) is 6.29. The molecule has 4 aromatic rings. The molecule has 1 fully saturated rings. The standard InChI is InChI=1S/C29H31ClFN7O/c1-36(2)21-12-13-37(15-21)28-23-10-9-22(18-4-6-19(31)7-5-18)27(23)34-29(35-28)33-20-8-11-24(25(14-20)39-3)38-16-26(30)32-17-38/h4-8,11,14,16-17,21-22H,9-10,12-13,15H2,1-3H3,(H,33,34,35). The van der Waals surface area contributed by atoms with Crippen LogP contribution < -0.4 is 15.0 Å². The van der Waals surface area contributed by atoms with E-state index in [0.717, 1.165) is 60.8 Å². The zero-order chi connectivity index (χ0) is 27.1. The van der Waals surface area contributed by atoms with Crippen molar-refractivity contribution < 1.29 is 9.13 Å². The van der Waals surface area contributed by atoms with E-state index in [-0.39, 0.29) is 11.7 Å². The Bertz CT molecular complexity index is 1490. The van der Waals surface area contributed by atoms with Crippen molar-refractivity contribution in [2.24, 2.45) is 0 Å². The lowest BCUT2D eigenvalue weighted by Crippen LogP contribution is -2.32. The molecular weight excluding hydrogens is 517 g/mol. The lowest BCUT2D eigenvalue weighted by molar-refractivity contribution is 0.315. The fourth-order valence-corrected chi connectivity index (χ4v) is 5.81. The van der Waals surface area contributed by atoms with Crippen LogP contribution in [0.25, 0.3) is 5.69 Å². The van der Waals surface area contributed by atoms with Crippen molar-refractivity contribution in [3.8, 4) is 11.4 Å². The van der Waals surface area contributed by atoms with E-state index in [1.165, 1.54) is 17.7 Å². The number of halogens is 2. The average Bonchev–Trinajstić information content (AvgIpc) is 3.69. The highest BCUT2D eigenvalue weighted by molar-refractivity contribution is 6.29. The predicted octanol–water partition coefficient (Wildman–Crippen LogP) is 5.43. The van der Waals surface area contributed by atoms with Crippen LogP contribution in [0.1, 0.15) is 35.6 Å². The summed E-state index contributed by atoms with van der Waals surface area (Å²) in [7, 11) is 5.89. The highest BCUT2D eigenvalue weighted by Gasteiger charge is 2.34. The Morgan fingerprint density at radius 3 is 2.62 bits per heavy atom. The van der Waals surface area contributed by atoms with Crippen molar-refractivity contribution in [3.05, 3.63) is 82.8 Å². The summed E-state index contributed by atoms with van der Waals surface area (Å²) in [5.74, 6) is 2.05. The first kappa shape index (κ1) is 25.6. The first-order valence-electron chi connectivity index (χ1n) is 13.1. The van der Waals surface area contributed by atoms with E-state index in [4.69, 9.17) is 26.3 Å². The maximum absolute atomic E-state index is 13.7. The number of hydrogen-bond donors (Lipinski definition) is 1. The van der Waals surface area contributed by atoms with Crippen molar-refractivity contribution in [1.29, 1.82) is 0 Å². The summed E-state index contributed by atoms with van der Waals surface area (Å²) in [5, 5.41) is 3.83. The Kier molecular flexibility index (Phi) is 6.86. The number of imidazole rings is 1. The van der Waals surface area contributed by atoms with Gasteiger partial charge in [-0.25, -0.2) is 14.4 Å². The van der Waals surface area contributed by atoms with Crippen molar-refractivity contribution >= 4 is 29.1 Å². The van der Waals surface area contributed by atoms with Gasteiger partial charge in [-0.15, -0.1) is 0 Å². The molecule has 2 unspecified atom stereocenters. The van der Waals surface area contributed by atoms with Gasteiger partial charge in [-0.1, -0.05) is 23.7 Å². The Labute approximate surface area is 232 Å². The van der Waals surface area contributed by atoms with Crippen LogP contribution >= 0.6 is 11.6 Å². The van der Waals surface area contributed by atoms with Gasteiger partial charge in [0.25, 0.3) is 0 Å². The summed E-state index contributed by atoms with van der Waals surface area (Å²) in [4.78, 5) is 18.8. The summed E-state index contributed by atoms with van der Waals surface area (Å²) in [5.41, 5.74) is 4.90. The molecule has 1 N–H and O–H groups in total. The van der Waals surface area contributed by atoms with Crippen molar-refractivity contribution in [2.75, 3.05) is 44.5 Å². The Balaban J connectivity index is 1.37. The van der Waals surface area contributed by atoms with Gasteiger partial charge < -0.3 is 24.4 Å². The quantitative estimate of drug-likeness (QED) is 0.331. The number of nitrogens with one attached hydrogen (secondary N) is 1. The number of anilines is 3. The third-order valence-electron chi connectivity index (χ3n) is 7.76. The van der Waals surface area contributed by atoms with Gasteiger partial charge in [-0.3, -0.25) is 0 Å². The molecule has 2 atom stereocenters. The topological polar surface area (TPSA) is 71.3 Å². The second-order valence-electron chi connectivity index (χ2n) is 10.3. The zero-order valence-electron chi connectivity index (χ0n) is 22.2. The lowest BCUT2D eigenvalue weighted by atomic mass is 9.97. The number of methoxy groups -OCH3 is 1. The van der Waals surface area contributed by atoms with E-state index in [1.54, 1.807) is 19.6 Å². The molecule has 39 heavy (non-hydrogen) atoms. The first-order chi connectivity index (χ1) is 18.9. The summed E-state index contributed by atoms with van der Waals surface area (Å²) >= 11 is 6.02. The lowest BCUT2D eigenvalue weighted by Gasteiger charge is -2.24. The second-order valence-corrected chi connectivity index (χ2v) is 10.7. The SMILES string of the molecule is COc1cc(Nc2nc3c(c(N4CCC(N(C)C)C4)n2)CCC3c2ccc(F)cc2)ccc1-n1cnc(Cl)c1. The first-order valence-corrected chi connectivity index (χ1v) is 13.5. The predicted molar refractivity (Wildman–Crippen MR) is 151 cm³/mol. The number of benzene rings is 2. The number of fused-ring (bicyclic) bond motifs is 1. The molecule has 2 aromatic heterocycles. The number of rotatable bonds is 7. The molecule has 1 aliphatic heterocycles. The van der Waals surface area contributed by atoms with Crippen LogP contribution in [0, 0.1) is 5.82 Å². The highest BCUT2D eigenvalue weighted by atomic mass is 35.5. The molecular formula is C29H31ClFN7O. The minimum atomic E-state index is -0.232. The molecule has 0 amide bonds. The minimum Gasteiger partial charge on any atom is -0.494 e. The van der Waals surface area contributed by atoms with E-state index >= 15 is 0 Å². The van der Waals surface area contributed by atoms with Gasteiger partial charge in [0, 0.05) is 48.6 Å². The molecule has 0 radical (unpaired) electrons. The molecule has 6 rings (SSSR count). The molecule has 1 saturated heterocycles. The van der Waals surface area contributed by atoms with Crippen LogP contribution in [0.15, 0.2) is 55.0 Å². The Hall–Kier alpha value is -3.69. The Morgan fingerprint density at radius 1 is 1.10 bits per heavy atom. The maximum atomic E-state index is 13.7. The summed E-state index contributed by atoms with van der Waals surface area (Å²) in [6, 6.07) is 13.1. The smallest absolute Gasteiger partial charge is 0.229 e. The largest absolute Gasteiger partial charge is 0.494 e. The van der Waals surface area contributed by atoms with Crippen LogP contribution in [0.2, 0.25) is 5.15 Å². The van der Waals surface area contributed by atoms with Gasteiger partial charge in [0.1, 0.15) is 28.9 Å². The van der Waals surface area contributed by atoms with Gasteiger partial charge in [0.15, 0.2) is 0 Å². The van der Waals surface area contributed by atoms with Gasteiger partial charge in [-0.05, 0) is 63.2 Å². The molecule has 2 aromatic carbocycles. The molecule has 8 nitrogen and oxygen atoms in total. The number of ether oxygens (including phenoxy) is 1. The molecule has 202 valence electrons. The summed E-state index contributed by atoms with van der Waals surface area (Å²) in [6.45, 7) is 1.87. The molecule has 2 aliphatic rings. The van der Waals surface area contributed by atoms with E-state index < -0.39 is 0 Å². The number of hydrogen-bond acceptors (Lipinski definition) is 7. The molecule has 0 spiro atoms. The van der Waals surface area contributed by atoms with Gasteiger partial charge >= 0.3 is 0 Å². The second kappa shape index (κ2) is 10.5. The monoisotopic (exact) mass is 547 g/mol. The van der Waals surface area contributed by atoms with Crippen molar-refractivity contribution in [2.45, 2.75) is 31.2 Å². The van der Waals surface area contributed by atoms with E-state index in [1.807, 2.05) is 34.9 Å². The van der Waals surface area contributed by atoms with Crippen molar-refractivity contribution in [1.82, 2.24) is 24.4 Å². The van der Waals surface area contributed by atoms with Crippen molar-refractivity contribution in [3.63, 3.8) is 0 Å². The average molecular weight is 548 g/mol. The fraction of sp³-hybridized carbons (Fsp3) is 0.345. The van der Waals surface area contributed by atoms with Crippen LogP contribution in [-0.4, -0.2) is 64.8 Å². The van der Waals surface area contributed by atoms with E-state index in [9.17, 15) is 4.39 Å². The minimum absolute atomic E-state index is 0.0954. The molecule has 3 heterocycles. The van der Waals surface area contributed by atoms with E-state index in [0.29, 0.717) is 22.9 Å². The zero-order valence-corrected chi connectivity index (χ0v) is 23.0. The molecule has 0 saturated carbocycles. The maximum Gasteiger partial charge on any atom is 0.229 e. The van der Waals surface area contributed by atoms with Crippen LogP contribution in [0.4, 0.5) is 21.8 Å². The van der Waals surface area contributed by atoms with Gasteiger partial charge in [-0.2, -0.15) is 4.98 Å². The highest BCUT2D eigenvalue weighted by Crippen LogP contribution is 2.42. The molecule has 10 heteroatoms. The van der Waals surface area contributed by atoms with Crippen LogP contribution in [0.5, 0.6) is 5.75 Å². The Morgan fingerprint density at radius 2 is 1.92 bits per heavy atom. The fourth-order valence-electron chi connectivity index (χ4n) is 5.66. The normalized spacial score (nSPS) is 18.6. The van der Waals surface area contributed by atoms with E-state index in [2.05, 4.69) is 34.2 Å². The third-order valence-corrected chi connectivity index (χ3v) is 7.96. The third kappa shape index (κ3) is 5.04. The summed E-state index contributed by atoms with van der Waals surface area (Å²) < 4.78 is 21.2. The number of aromatic nitrogens is 4. The van der Waals surface area contributed by atoms with Gasteiger partial charge in [0.05, 0.1) is 18.5 Å². The van der Waals surface area contributed by atoms with Crippen LogP contribution in [0.3, 0.4) is 0 Å². The molecule has 1 aliphatic carbocycles. The van der Waals surface area contributed by atoms with Crippen LogP contribution in [-0.2, 0) is 6.42 Å².